The molecule has 448 valence electrons. The molecule has 0 bridgehead atoms. The molecule has 84 heavy (non-hydrogen) atoms. The summed E-state index contributed by atoms with van der Waals surface area (Å²) < 4.78 is 57.2. The summed E-state index contributed by atoms with van der Waals surface area (Å²) in [4.78, 5) is 88.1. The largest absolute Gasteiger partial charge is 0.468 e. The number of carbonyl (C=O) groups excluding carboxylic acids is 6. The van der Waals surface area contributed by atoms with Crippen molar-refractivity contribution in [3.8, 4) is 33.0 Å². The van der Waals surface area contributed by atoms with Gasteiger partial charge in [0.1, 0.15) is 25.2 Å². The summed E-state index contributed by atoms with van der Waals surface area (Å²) in [6, 6.07) is 15.1. The number of nitrogens with zero attached hydrogens (tertiary/aromatic N) is 8. The molecule has 0 saturated carbocycles. The highest BCUT2D eigenvalue weighted by molar-refractivity contribution is 8.00. The average molecular weight is 1200 g/mol. The van der Waals surface area contributed by atoms with Crippen LogP contribution in [-0.4, -0.2) is 168 Å². The first kappa shape index (κ1) is 63.8. The van der Waals surface area contributed by atoms with Gasteiger partial charge in [0.25, 0.3) is 0 Å². The smallest absolute Gasteiger partial charge is 0.325 e. The molecule has 1 fully saturated rings. The van der Waals surface area contributed by atoms with Gasteiger partial charge in [-0.05, 0) is 88.3 Å². The Morgan fingerprint density at radius 1 is 0.845 bits per heavy atom. The van der Waals surface area contributed by atoms with Crippen LogP contribution < -0.4 is 26.4 Å². The summed E-state index contributed by atoms with van der Waals surface area (Å²) in [5.41, 5.74) is 10.1. The van der Waals surface area contributed by atoms with E-state index < -0.39 is 29.5 Å². The number of nitrogens with one attached hydrogen (secondary N) is 4. The second-order valence-electron chi connectivity index (χ2n) is 19.3. The molecule has 23 nitrogen and oxygen atoms in total. The highest BCUT2D eigenvalue weighted by atomic mass is 32.2. The maximum atomic E-state index is 15.6. The van der Waals surface area contributed by atoms with Crippen LogP contribution in [0, 0.1) is 18.6 Å². The molecule has 5 heterocycles. The second kappa shape index (κ2) is 32.3. The Morgan fingerprint density at radius 2 is 1.57 bits per heavy atom. The maximum Gasteiger partial charge on any atom is 0.325 e. The molecule has 6 N–H and O–H groups in total. The highest BCUT2D eigenvalue weighted by Gasteiger charge is 2.27. The van der Waals surface area contributed by atoms with Crippen LogP contribution in [-0.2, 0) is 49.5 Å². The molecule has 4 aromatic heterocycles. The maximum absolute atomic E-state index is 15.6. The number of likely N-dealkylation sites (tertiary alicyclic amines) is 1. The topological polar surface area (TPSA) is 291 Å². The molecule has 3 amide bonds. The Kier molecular flexibility index (Phi) is 24.5. The lowest BCUT2D eigenvalue weighted by atomic mass is 9.98. The summed E-state index contributed by atoms with van der Waals surface area (Å²) in [5.74, 6) is -1.90. The van der Waals surface area contributed by atoms with Crippen molar-refractivity contribution in [2.24, 2.45) is 0 Å². The van der Waals surface area contributed by atoms with Crippen LogP contribution in [0.25, 0.3) is 54.8 Å². The van der Waals surface area contributed by atoms with Crippen LogP contribution in [0.5, 0.6) is 0 Å². The molecule has 0 radical (unpaired) electrons. The zero-order chi connectivity index (χ0) is 60.0. The number of nitrogens with two attached hydrogens (primary N) is 1. The molecule has 0 aliphatic carbocycles. The van der Waals surface area contributed by atoms with Gasteiger partial charge >= 0.3 is 5.97 Å². The van der Waals surface area contributed by atoms with Crippen molar-refractivity contribution in [3.05, 3.63) is 89.3 Å². The van der Waals surface area contributed by atoms with Crippen molar-refractivity contribution >= 4 is 92.6 Å². The number of thiazole rings is 1. The Bertz CT molecular complexity index is 3390. The number of aldehydes is 1. The van der Waals surface area contributed by atoms with E-state index in [4.69, 9.17) is 24.9 Å². The zero-order valence-electron chi connectivity index (χ0n) is 47.3. The van der Waals surface area contributed by atoms with Gasteiger partial charge in [-0.25, -0.2) is 28.4 Å². The summed E-state index contributed by atoms with van der Waals surface area (Å²) in [7, 11) is 3.33. The summed E-state index contributed by atoms with van der Waals surface area (Å²) in [5, 5.41) is 18.1. The Hall–Kier alpha value is -7.82. The Labute approximate surface area is 492 Å². The predicted octanol–water partition coefficient (Wildman–Crippen LogP) is 6.35. The third-order valence-electron chi connectivity index (χ3n) is 13.2. The lowest BCUT2D eigenvalue weighted by Gasteiger charge is -2.27. The van der Waals surface area contributed by atoms with E-state index in [0.717, 1.165) is 59.0 Å². The van der Waals surface area contributed by atoms with Gasteiger partial charge < -0.3 is 55.0 Å². The molecule has 0 unspecified atom stereocenters. The molecule has 0 atom stereocenters. The van der Waals surface area contributed by atoms with Gasteiger partial charge in [-0.15, -0.1) is 11.3 Å². The first-order valence-electron chi connectivity index (χ1n) is 27.3. The van der Waals surface area contributed by atoms with Crippen molar-refractivity contribution < 1.29 is 56.5 Å². The number of benzene rings is 3. The van der Waals surface area contributed by atoms with Crippen LogP contribution in [0.4, 0.5) is 20.4 Å². The van der Waals surface area contributed by atoms with Crippen LogP contribution >= 0.6 is 23.3 Å². The first-order valence-corrected chi connectivity index (χ1v) is 29.1. The summed E-state index contributed by atoms with van der Waals surface area (Å²) >= 11 is 3.10. The number of halogens is 2. The minimum Gasteiger partial charge on any atom is -0.468 e. The standard InChI is InChI=1S/C35H42FN7O10.C22H27FN6S2/c1-23-35-25(5-3-6-28(35)42(41-23)22-32(47)38-20-31(46)39-21-34(49)50-2)26-18-29-24(17-27(26)36)19-40-43(29)33(48)8-7-30(45)37-9-12-52-14-16-53-15-13-51-11-4-10-44;1-3-13-30-28-16-6-4-5-15(18(16)23)19-20(17-7-10-25-22(24)26-17)31-21(27-19)14-8-11-29(2)12-9-14/h3,5-6,10,17-19H,4,7-9,11-16,20-22H2,1-2H3,(H,37,45)(H,38,47)(H,39,46);4-7,10,14,28H,3,8-9,11-13H2,1-2H3,(H2,24,25,26). The fourth-order valence-corrected chi connectivity index (χ4v) is 10.7. The number of anilines is 2. The number of aryl methyl sites for hydroxylation is 1. The van der Waals surface area contributed by atoms with E-state index in [1.54, 1.807) is 54.8 Å². The van der Waals surface area contributed by atoms with Gasteiger partial charge in [-0.3, -0.25) is 28.7 Å². The van der Waals surface area contributed by atoms with Gasteiger partial charge in [0, 0.05) is 65.6 Å². The van der Waals surface area contributed by atoms with Gasteiger partial charge in [-0.1, -0.05) is 37.1 Å². The normalized spacial score (nSPS) is 12.6. The molecule has 1 saturated heterocycles. The summed E-state index contributed by atoms with van der Waals surface area (Å²) in [6.45, 7) is 7.28. The number of amides is 3. The molecule has 3 aromatic carbocycles. The number of methoxy groups -OCH3 is 1. The minimum atomic E-state index is -0.629. The van der Waals surface area contributed by atoms with Crippen molar-refractivity contribution in [1.82, 2.24) is 55.4 Å². The number of piperidine rings is 1. The Morgan fingerprint density at radius 3 is 2.31 bits per heavy atom. The zero-order valence-corrected chi connectivity index (χ0v) is 48.9. The molecular weight excluding hydrogens is 1130 g/mol. The lowest BCUT2D eigenvalue weighted by molar-refractivity contribution is -0.141. The summed E-state index contributed by atoms with van der Waals surface area (Å²) in [6.07, 6.45) is 7.02. The first-order chi connectivity index (χ1) is 40.7. The van der Waals surface area contributed by atoms with E-state index in [1.165, 1.54) is 42.1 Å². The van der Waals surface area contributed by atoms with Gasteiger partial charge in [0.15, 0.2) is 5.82 Å². The Balaban J connectivity index is 0.000000275. The second-order valence-corrected chi connectivity index (χ2v) is 21.2. The number of hydrogen-bond acceptors (Lipinski definition) is 20. The van der Waals surface area contributed by atoms with Crippen LogP contribution in [0.3, 0.4) is 0 Å². The fourth-order valence-electron chi connectivity index (χ4n) is 8.89. The van der Waals surface area contributed by atoms with E-state index >= 15 is 8.78 Å². The monoisotopic (exact) mass is 1200 g/mol. The molecule has 8 rings (SSSR count). The van der Waals surface area contributed by atoms with E-state index in [0.29, 0.717) is 101 Å². The van der Waals surface area contributed by atoms with E-state index in [-0.39, 0.29) is 68.9 Å². The number of rotatable bonds is 29. The van der Waals surface area contributed by atoms with Gasteiger partial charge in [-0.2, -0.15) is 10.2 Å². The van der Waals surface area contributed by atoms with Crippen LogP contribution in [0.2, 0.25) is 0 Å². The predicted molar refractivity (Wildman–Crippen MR) is 316 cm³/mol. The number of esters is 1. The quantitative estimate of drug-likeness (QED) is 0.0148. The van der Waals surface area contributed by atoms with Gasteiger partial charge in [0.2, 0.25) is 29.6 Å². The number of fused-ring (bicyclic) bond motifs is 2. The molecule has 27 heteroatoms. The van der Waals surface area contributed by atoms with E-state index in [1.807, 2.05) is 12.1 Å². The number of aromatic nitrogens is 7. The minimum absolute atomic E-state index is 0.0924. The van der Waals surface area contributed by atoms with Crippen molar-refractivity contribution in [3.63, 3.8) is 0 Å². The average Bonchev–Trinajstić information content (AvgIpc) is 4.39. The molecular formula is C57H69F2N13O10S2. The number of hydrogen-bond donors (Lipinski definition) is 5. The third kappa shape index (κ3) is 17.9. The number of ether oxygens (including phenoxy) is 4. The lowest BCUT2D eigenvalue weighted by Crippen LogP contribution is -2.40. The molecule has 7 aromatic rings. The van der Waals surface area contributed by atoms with Crippen LogP contribution in [0.15, 0.2) is 67.0 Å². The molecule has 1 aliphatic rings. The highest BCUT2D eigenvalue weighted by Crippen LogP contribution is 2.43. The molecule has 1 aliphatic heterocycles. The van der Waals surface area contributed by atoms with E-state index in [2.05, 4.69) is 64.4 Å². The SMILES string of the molecule is CCCSNc1cccc(-c2nc(C3CCN(C)CC3)sc2-c2ccnc(N)n2)c1F.COC(=O)CNC(=O)CNC(=O)Cn1nc(C)c2c(-c3cc4c(cnn4C(=O)CCC(=O)NCCOCCOCCOCCC=O)cc3F)cccc21. The van der Waals surface area contributed by atoms with Crippen molar-refractivity contribution in [2.75, 3.05) is 103 Å². The third-order valence-corrected chi connectivity index (χ3v) is 15.4. The van der Waals surface area contributed by atoms with Crippen LogP contribution in [0.1, 0.15) is 66.9 Å². The van der Waals surface area contributed by atoms with E-state index in [9.17, 15) is 28.8 Å². The molecule has 0 spiro atoms. The number of carbonyl (C=O) groups is 6. The fraction of sp³-hybridized carbons (Fsp3) is 0.421. The van der Waals surface area contributed by atoms with Crippen molar-refractivity contribution in [2.45, 2.75) is 64.8 Å². The van der Waals surface area contributed by atoms with Crippen molar-refractivity contribution in [1.29, 1.82) is 0 Å². The van der Waals surface area contributed by atoms with Gasteiger partial charge in [0.05, 0.1) is 103 Å². The number of nitrogen functional groups attached to an aromatic ring is 1.